The third kappa shape index (κ3) is 3.65. The first-order valence-corrected chi connectivity index (χ1v) is 1.50. The molecule has 0 rings (SSSR count). The van der Waals surface area contributed by atoms with Gasteiger partial charge in [0.1, 0.15) is 0 Å². The molecule has 0 aliphatic carbocycles. The van der Waals surface area contributed by atoms with Gasteiger partial charge in [0.15, 0.2) is 0 Å². The van der Waals surface area contributed by atoms with Gasteiger partial charge in [-0.1, -0.05) is 5.92 Å². The van der Waals surface area contributed by atoms with Gasteiger partial charge in [-0.25, -0.2) is 0 Å². The van der Waals surface area contributed by atoms with E-state index in [1.165, 1.54) is 0 Å². The summed E-state index contributed by atoms with van der Waals surface area (Å²) in [6.07, 6.45) is 4.76. The van der Waals surface area contributed by atoms with Crippen LogP contribution < -0.4 is 0 Å². The Bertz CT molecular complexity index is 56.3. The highest BCUT2D eigenvalue weighted by Crippen LogP contribution is 1.58. The summed E-state index contributed by atoms with van der Waals surface area (Å²) in [5.41, 5.74) is 0. The Labute approximate surface area is 39.7 Å². The molecule has 0 aromatic heterocycles. The third-order valence-electron chi connectivity index (χ3n) is 0.263. The highest BCUT2D eigenvalue weighted by atomic mass is 16.4. The molecule has 0 spiro atoms. The van der Waals surface area contributed by atoms with Crippen molar-refractivity contribution in [1.82, 2.24) is 0 Å². The Morgan fingerprint density at radius 1 is 2.00 bits per heavy atom. The fourth-order valence-corrected chi connectivity index (χ4v) is 0.0962. The fraction of sp³-hybridized carbons (Fsp3) is 0.333. The van der Waals surface area contributed by atoms with Crippen molar-refractivity contribution in [2.75, 3.05) is 6.61 Å². The van der Waals surface area contributed by atoms with Crippen LogP contribution in [0.25, 0.3) is 0 Å². The van der Waals surface area contributed by atoms with E-state index in [-0.39, 0.29) is 6.61 Å². The van der Waals surface area contributed by atoms with E-state index in [0.29, 0.717) is 0 Å². The van der Waals surface area contributed by atoms with Gasteiger partial charge in [-0.05, 0) is 0 Å². The van der Waals surface area contributed by atoms with Crippen LogP contribution in [0.5, 0.6) is 0 Å². The molecule has 6 heavy (non-hydrogen) atoms. The summed E-state index contributed by atoms with van der Waals surface area (Å²) < 4.78 is 4.40. The van der Waals surface area contributed by atoms with E-state index >= 15 is 0 Å². The Balaban J connectivity index is 2.54. The molecular formula is C3H3B2O. The lowest BCUT2D eigenvalue weighted by molar-refractivity contribution is 0.405. The lowest BCUT2D eigenvalue weighted by Crippen LogP contribution is -1.96. The first-order valence-electron chi connectivity index (χ1n) is 1.50. The Kier molecular flexibility index (Phi) is 4.38. The summed E-state index contributed by atoms with van der Waals surface area (Å²) in [5, 5.41) is 0. The zero-order valence-corrected chi connectivity index (χ0v) is 3.35. The van der Waals surface area contributed by atoms with Gasteiger partial charge in [0.2, 0.25) is 7.37 Å². The van der Waals surface area contributed by atoms with Crippen LogP contribution in [0.4, 0.5) is 0 Å². The molecule has 0 aromatic carbocycles. The van der Waals surface area contributed by atoms with Crippen molar-refractivity contribution in [3.8, 4) is 12.3 Å². The molecule has 0 N–H and O–H groups in total. The van der Waals surface area contributed by atoms with Gasteiger partial charge in [-0.3, -0.25) is 0 Å². The number of hydrogen-bond acceptors (Lipinski definition) is 1. The van der Waals surface area contributed by atoms with Crippen molar-refractivity contribution >= 4 is 15.1 Å². The van der Waals surface area contributed by atoms with E-state index in [4.69, 9.17) is 14.2 Å². The minimum atomic E-state index is 0.260. The predicted octanol–water partition coefficient (Wildman–Crippen LogP) is -0.661. The van der Waals surface area contributed by atoms with Crippen molar-refractivity contribution in [3.63, 3.8) is 0 Å². The minimum Gasteiger partial charge on any atom is -0.442 e. The molecule has 0 bridgehead atoms. The second-order valence-corrected chi connectivity index (χ2v) is 0.651. The molecule has 0 fully saturated rings. The Morgan fingerprint density at radius 3 is 2.83 bits per heavy atom. The lowest BCUT2D eigenvalue weighted by atomic mass is 9.72. The van der Waals surface area contributed by atoms with Crippen LogP contribution in [-0.2, 0) is 4.65 Å². The van der Waals surface area contributed by atoms with E-state index < -0.39 is 0 Å². The standard InChI is InChI=1S/C3H3B2O/c1-2-3-6-5-4/h1H,3H2. The van der Waals surface area contributed by atoms with Crippen molar-refractivity contribution in [1.29, 1.82) is 0 Å². The molecule has 0 heterocycles. The molecule has 0 aliphatic rings. The first-order chi connectivity index (χ1) is 2.91. The summed E-state index contributed by atoms with van der Waals surface area (Å²) in [7, 11) is 5.84. The lowest BCUT2D eigenvalue weighted by Gasteiger charge is -1.85. The zero-order chi connectivity index (χ0) is 4.83. The predicted molar refractivity (Wildman–Crippen MR) is 26.3 cm³/mol. The number of rotatable bonds is 2. The van der Waals surface area contributed by atoms with Gasteiger partial charge in [-0.15, -0.1) is 6.42 Å². The molecule has 1 nitrogen and oxygen atoms in total. The van der Waals surface area contributed by atoms with Crippen molar-refractivity contribution in [2.45, 2.75) is 0 Å². The molecule has 0 unspecified atom stereocenters. The quantitative estimate of drug-likeness (QED) is 0.241. The Hall–Kier alpha value is -0.350. The van der Waals surface area contributed by atoms with Gasteiger partial charge >= 0.3 is 0 Å². The van der Waals surface area contributed by atoms with E-state index in [2.05, 4.69) is 10.6 Å². The van der Waals surface area contributed by atoms with Crippen LogP contribution in [0.1, 0.15) is 0 Å². The fourth-order valence-electron chi connectivity index (χ4n) is 0.0962. The summed E-state index contributed by atoms with van der Waals surface area (Å²) >= 11 is 0. The maximum atomic E-state index is 4.77. The van der Waals surface area contributed by atoms with Crippen molar-refractivity contribution < 1.29 is 4.65 Å². The summed E-state index contributed by atoms with van der Waals surface area (Å²) in [5.74, 6) is 2.24. The smallest absolute Gasteiger partial charge is 0.231 e. The summed E-state index contributed by atoms with van der Waals surface area (Å²) in [4.78, 5) is 0. The second-order valence-electron chi connectivity index (χ2n) is 0.651. The molecule has 3 radical (unpaired) electrons. The monoisotopic (exact) mass is 77.0 g/mol. The highest BCUT2D eigenvalue weighted by Gasteiger charge is 1.71. The molecule has 0 aromatic rings. The SMILES string of the molecule is [B][B]OCC#C. The second kappa shape index (κ2) is 4.65. The molecule has 0 aliphatic heterocycles. The Morgan fingerprint density at radius 2 is 2.67 bits per heavy atom. The zero-order valence-electron chi connectivity index (χ0n) is 3.35. The third-order valence-corrected chi connectivity index (χ3v) is 0.263. The van der Waals surface area contributed by atoms with Crippen LogP contribution >= 0.6 is 0 Å². The van der Waals surface area contributed by atoms with Crippen LogP contribution in [0.15, 0.2) is 0 Å². The van der Waals surface area contributed by atoms with E-state index in [0.717, 1.165) is 7.37 Å². The van der Waals surface area contributed by atoms with Crippen molar-refractivity contribution in [3.05, 3.63) is 0 Å². The van der Waals surface area contributed by atoms with Crippen LogP contribution in [0.3, 0.4) is 0 Å². The topological polar surface area (TPSA) is 9.23 Å². The van der Waals surface area contributed by atoms with Gasteiger partial charge in [0.05, 0.1) is 14.3 Å². The average molecular weight is 76.7 g/mol. The maximum Gasteiger partial charge on any atom is 0.231 e. The van der Waals surface area contributed by atoms with E-state index in [1.807, 2.05) is 0 Å². The molecule has 0 saturated heterocycles. The molecule has 0 saturated carbocycles. The largest absolute Gasteiger partial charge is 0.442 e. The maximum absolute atomic E-state index is 4.77. The van der Waals surface area contributed by atoms with Crippen LogP contribution in [-0.4, -0.2) is 21.7 Å². The molecule has 3 heteroatoms. The molecule has 0 atom stereocenters. The summed E-state index contributed by atoms with van der Waals surface area (Å²) in [6, 6.07) is 0. The van der Waals surface area contributed by atoms with Crippen LogP contribution in [0.2, 0.25) is 0 Å². The van der Waals surface area contributed by atoms with Gasteiger partial charge < -0.3 is 4.65 Å². The molecule has 27 valence electrons. The van der Waals surface area contributed by atoms with E-state index in [9.17, 15) is 0 Å². The number of terminal acetylenes is 1. The van der Waals surface area contributed by atoms with Gasteiger partial charge in [0.25, 0.3) is 0 Å². The van der Waals surface area contributed by atoms with Gasteiger partial charge in [-0.2, -0.15) is 0 Å². The average Bonchev–Trinajstić information content (AvgIpc) is 1.61. The summed E-state index contributed by atoms with van der Waals surface area (Å²) in [6.45, 7) is 0.260. The van der Waals surface area contributed by atoms with Crippen LogP contribution in [0, 0.1) is 12.3 Å². The number of hydrogen-bond donors (Lipinski definition) is 0. The first kappa shape index (κ1) is 5.65. The minimum absolute atomic E-state index is 0.260. The molecule has 0 amide bonds. The normalized spacial score (nSPS) is 6.50. The highest BCUT2D eigenvalue weighted by molar-refractivity contribution is 6.85. The van der Waals surface area contributed by atoms with Crippen molar-refractivity contribution in [2.24, 2.45) is 0 Å². The van der Waals surface area contributed by atoms with Gasteiger partial charge in [0, 0.05) is 0 Å². The molecular weight excluding hydrogens is 73.7 g/mol. The van der Waals surface area contributed by atoms with E-state index in [1.54, 1.807) is 0 Å².